The van der Waals surface area contributed by atoms with Crippen molar-refractivity contribution in [3.05, 3.63) is 46.3 Å². The van der Waals surface area contributed by atoms with Gasteiger partial charge in [0.2, 0.25) is 0 Å². The number of aryl methyl sites for hydroxylation is 2. The fourth-order valence-corrected chi connectivity index (χ4v) is 3.11. The van der Waals surface area contributed by atoms with Crippen molar-refractivity contribution in [2.45, 2.75) is 33.1 Å². The van der Waals surface area contributed by atoms with Crippen LogP contribution < -0.4 is 15.4 Å². The molecular weight excluding hydrogens is 316 g/mol. The van der Waals surface area contributed by atoms with E-state index in [2.05, 4.69) is 39.0 Å². The van der Waals surface area contributed by atoms with E-state index in [1.54, 1.807) is 7.05 Å². The van der Waals surface area contributed by atoms with Gasteiger partial charge in [-0.15, -0.1) is 0 Å². The second-order valence-corrected chi connectivity index (χ2v) is 6.27. The molecule has 1 aromatic heterocycles. The standard InChI is InChI=1S/C19H26N4O2/c1-13-17(14(2)25-23-13)7-10-22-19(20-3)21-9-6-15-4-5-18-16(12-15)8-11-24-18/h4-5,12H,6-11H2,1-3H3,(H2,20,21,22). The lowest BCUT2D eigenvalue weighted by Crippen LogP contribution is -2.39. The molecule has 0 bridgehead atoms. The Kier molecular flexibility index (Phi) is 5.58. The first-order valence-corrected chi connectivity index (χ1v) is 8.78. The number of hydrogen-bond acceptors (Lipinski definition) is 4. The lowest BCUT2D eigenvalue weighted by Gasteiger charge is -2.12. The summed E-state index contributed by atoms with van der Waals surface area (Å²) in [5.41, 5.74) is 4.77. The van der Waals surface area contributed by atoms with Crippen molar-refractivity contribution >= 4 is 5.96 Å². The SMILES string of the molecule is CN=C(NCCc1ccc2c(c1)CCO2)NCCc1c(C)noc1C. The van der Waals surface area contributed by atoms with E-state index in [0.717, 1.165) is 62.1 Å². The zero-order valence-electron chi connectivity index (χ0n) is 15.2. The molecule has 6 nitrogen and oxygen atoms in total. The molecule has 0 unspecified atom stereocenters. The van der Waals surface area contributed by atoms with Gasteiger partial charge in [0.1, 0.15) is 11.5 Å². The van der Waals surface area contributed by atoms with Crippen LogP contribution in [0.1, 0.15) is 28.1 Å². The molecule has 1 aromatic carbocycles. The zero-order valence-corrected chi connectivity index (χ0v) is 15.2. The van der Waals surface area contributed by atoms with Crippen LogP contribution in [0.3, 0.4) is 0 Å². The van der Waals surface area contributed by atoms with Crippen molar-refractivity contribution in [1.82, 2.24) is 15.8 Å². The summed E-state index contributed by atoms with van der Waals surface area (Å²) in [4.78, 5) is 4.28. The van der Waals surface area contributed by atoms with Gasteiger partial charge in [-0.05, 0) is 43.9 Å². The summed E-state index contributed by atoms with van der Waals surface area (Å²) < 4.78 is 10.7. The summed E-state index contributed by atoms with van der Waals surface area (Å²) >= 11 is 0. The highest BCUT2D eigenvalue weighted by atomic mass is 16.5. The summed E-state index contributed by atoms with van der Waals surface area (Å²) in [5.74, 6) is 2.74. The van der Waals surface area contributed by atoms with E-state index in [-0.39, 0.29) is 0 Å². The summed E-state index contributed by atoms with van der Waals surface area (Å²) in [7, 11) is 1.79. The molecule has 0 spiro atoms. The largest absolute Gasteiger partial charge is 0.493 e. The maximum absolute atomic E-state index is 5.55. The number of nitrogens with one attached hydrogen (secondary N) is 2. The average Bonchev–Trinajstić information content (AvgIpc) is 3.20. The fourth-order valence-electron chi connectivity index (χ4n) is 3.11. The van der Waals surface area contributed by atoms with Crippen LogP contribution >= 0.6 is 0 Å². The molecule has 2 aromatic rings. The highest BCUT2D eigenvalue weighted by molar-refractivity contribution is 5.79. The van der Waals surface area contributed by atoms with Crippen LogP contribution in [0.15, 0.2) is 27.7 Å². The van der Waals surface area contributed by atoms with Crippen LogP contribution in [0.4, 0.5) is 0 Å². The summed E-state index contributed by atoms with van der Waals surface area (Å²) in [6.45, 7) is 6.35. The molecule has 25 heavy (non-hydrogen) atoms. The van der Waals surface area contributed by atoms with Gasteiger partial charge < -0.3 is 19.9 Å². The zero-order chi connectivity index (χ0) is 17.6. The molecule has 0 saturated heterocycles. The Hall–Kier alpha value is -2.50. The monoisotopic (exact) mass is 342 g/mol. The van der Waals surface area contributed by atoms with Crippen LogP contribution in [0.2, 0.25) is 0 Å². The first kappa shape index (κ1) is 17.3. The Bertz CT molecular complexity index is 732. The number of aliphatic imine (C=N–C) groups is 1. The van der Waals surface area contributed by atoms with Gasteiger partial charge in [-0.3, -0.25) is 4.99 Å². The molecule has 134 valence electrons. The van der Waals surface area contributed by atoms with Crippen molar-refractivity contribution < 1.29 is 9.26 Å². The average molecular weight is 342 g/mol. The lowest BCUT2D eigenvalue weighted by molar-refractivity contribution is 0.357. The summed E-state index contributed by atoms with van der Waals surface area (Å²) in [6.07, 6.45) is 2.84. The molecule has 0 atom stereocenters. The third-order valence-electron chi connectivity index (χ3n) is 4.53. The van der Waals surface area contributed by atoms with Gasteiger partial charge in [-0.1, -0.05) is 17.3 Å². The van der Waals surface area contributed by atoms with Gasteiger partial charge in [0.25, 0.3) is 0 Å². The van der Waals surface area contributed by atoms with Crippen LogP contribution in [0.25, 0.3) is 0 Å². The molecule has 0 radical (unpaired) electrons. The highest BCUT2D eigenvalue weighted by Gasteiger charge is 2.12. The number of ether oxygens (including phenoxy) is 1. The van der Waals surface area contributed by atoms with Crippen LogP contribution in [0.5, 0.6) is 5.75 Å². The maximum Gasteiger partial charge on any atom is 0.190 e. The Balaban J connectivity index is 1.42. The molecule has 3 rings (SSSR count). The first-order valence-electron chi connectivity index (χ1n) is 8.78. The third-order valence-corrected chi connectivity index (χ3v) is 4.53. The maximum atomic E-state index is 5.55. The number of fused-ring (bicyclic) bond motifs is 1. The molecule has 1 aliphatic rings. The van der Waals surface area contributed by atoms with E-state index in [4.69, 9.17) is 9.26 Å². The second kappa shape index (κ2) is 8.05. The minimum Gasteiger partial charge on any atom is -0.493 e. The van der Waals surface area contributed by atoms with Crippen molar-refractivity contribution in [2.75, 3.05) is 26.7 Å². The molecule has 2 N–H and O–H groups in total. The smallest absolute Gasteiger partial charge is 0.190 e. The molecule has 0 saturated carbocycles. The van der Waals surface area contributed by atoms with Crippen LogP contribution in [-0.4, -0.2) is 37.9 Å². The van der Waals surface area contributed by atoms with Gasteiger partial charge in [0.15, 0.2) is 5.96 Å². The Labute approximate surface area is 148 Å². The normalized spacial score (nSPS) is 13.5. The number of nitrogens with zero attached hydrogens (tertiary/aromatic N) is 2. The number of aromatic nitrogens is 1. The Morgan fingerprint density at radius 3 is 2.72 bits per heavy atom. The van der Waals surface area contributed by atoms with Gasteiger partial charge >= 0.3 is 0 Å². The van der Waals surface area contributed by atoms with Crippen molar-refractivity contribution in [1.29, 1.82) is 0 Å². The van der Waals surface area contributed by atoms with Gasteiger partial charge in [0.05, 0.1) is 12.3 Å². The van der Waals surface area contributed by atoms with E-state index in [1.807, 2.05) is 13.8 Å². The minimum absolute atomic E-state index is 0.790. The topological polar surface area (TPSA) is 71.7 Å². The van der Waals surface area contributed by atoms with Crippen molar-refractivity contribution in [3.8, 4) is 5.75 Å². The Morgan fingerprint density at radius 2 is 2.00 bits per heavy atom. The molecule has 1 aliphatic heterocycles. The summed E-state index contributed by atoms with van der Waals surface area (Å²) in [6, 6.07) is 6.46. The lowest BCUT2D eigenvalue weighted by atomic mass is 10.1. The summed E-state index contributed by atoms with van der Waals surface area (Å²) in [5, 5.41) is 10.7. The van der Waals surface area contributed by atoms with Gasteiger partial charge in [-0.2, -0.15) is 0 Å². The van der Waals surface area contributed by atoms with Crippen LogP contribution in [0, 0.1) is 13.8 Å². The Morgan fingerprint density at radius 1 is 1.20 bits per heavy atom. The van der Waals surface area contributed by atoms with E-state index < -0.39 is 0 Å². The predicted octanol–water partition coefficient (Wildman–Crippen LogP) is 2.18. The second-order valence-electron chi connectivity index (χ2n) is 6.27. The van der Waals surface area contributed by atoms with E-state index in [9.17, 15) is 0 Å². The van der Waals surface area contributed by atoms with Crippen LogP contribution in [-0.2, 0) is 19.3 Å². The fraction of sp³-hybridized carbons (Fsp3) is 0.474. The first-order chi connectivity index (χ1) is 12.2. The van der Waals surface area contributed by atoms with E-state index in [0.29, 0.717) is 0 Å². The number of benzene rings is 1. The molecule has 0 aliphatic carbocycles. The predicted molar refractivity (Wildman–Crippen MR) is 98.4 cm³/mol. The third kappa shape index (κ3) is 4.32. The quantitative estimate of drug-likeness (QED) is 0.622. The molecule has 0 fully saturated rings. The van der Waals surface area contributed by atoms with Gasteiger partial charge in [0, 0.05) is 32.1 Å². The number of rotatable bonds is 6. The molecule has 2 heterocycles. The van der Waals surface area contributed by atoms with Crippen molar-refractivity contribution in [2.24, 2.45) is 4.99 Å². The highest BCUT2D eigenvalue weighted by Crippen LogP contribution is 2.25. The minimum atomic E-state index is 0.790. The van der Waals surface area contributed by atoms with Gasteiger partial charge in [-0.25, -0.2) is 0 Å². The number of guanidine groups is 1. The molecule has 6 heteroatoms. The van der Waals surface area contributed by atoms with Crippen molar-refractivity contribution in [3.63, 3.8) is 0 Å². The molecule has 0 amide bonds. The van der Waals surface area contributed by atoms with E-state index >= 15 is 0 Å². The molecular formula is C19H26N4O2. The van der Waals surface area contributed by atoms with E-state index in [1.165, 1.54) is 16.7 Å². The number of hydrogen-bond donors (Lipinski definition) is 2.